The van der Waals surface area contributed by atoms with E-state index in [-0.39, 0.29) is 0 Å². The average molecular weight is 198 g/mol. The van der Waals surface area contributed by atoms with E-state index in [1.807, 2.05) is 0 Å². The third-order valence-corrected chi connectivity index (χ3v) is 3.18. The lowest BCUT2D eigenvalue weighted by molar-refractivity contribution is 0.855. The fraction of sp³-hybridized carbons (Fsp3) is 0.333. The van der Waals surface area contributed by atoms with E-state index in [2.05, 4.69) is 51.6 Å². The fourth-order valence-electron chi connectivity index (χ4n) is 2.41. The van der Waals surface area contributed by atoms with E-state index in [9.17, 15) is 0 Å². The molecule has 1 aliphatic rings. The van der Waals surface area contributed by atoms with Gasteiger partial charge in [0.2, 0.25) is 0 Å². The van der Waals surface area contributed by atoms with Crippen LogP contribution in [0.1, 0.15) is 48.4 Å². The molecule has 0 saturated heterocycles. The summed E-state index contributed by atoms with van der Waals surface area (Å²) in [4.78, 5) is 0. The maximum atomic E-state index is 4.17. The minimum atomic E-state index is 0.592. The first kappa shape index (κ1) is 10.2. The Balaban J connectivity index is 2.65. The second-order valence-corrected chi connectivity index (χ2v) is 4.61. The van der Waals surface area contributed by atoms with Crippen molar-refractivity contribution < 1.29 is 0 Å². The number of rotatable bonds is 1. The minimum Gasteiger partial charge on any atom is -0.0949 e. The molecule has 0 N–H and O–H groups in total. The lowest BCUT2D eigenvalue weighted by Crippen LogP contribution is -2.01. The number of allylic oxidation sites excluding steroid dienone is 2. The molecule has 1 aliphatic carbocycles. The smallest absolute Gasteiger partial charge is 0.00937 e. The maximum absolute atomic E-state index is 4.17. The lowest BCUT2D eigenvalue weighted by atomic mass is 9.85. The van der Waals surface area contributed by atoms with E-state index >= 15 is 0 Å². The molecule has 0 aliphatic heterocycles. The third kappa shape index (κ3) is 1.65. The standard InChI is InChI=1S/C15H18/c1-10(2)14-9-8-13-7-5-6-11(3)15(13)12(14)4/h5,7-10H,3,6H2,1-2,4H3. The Labute approximate surface area is 92.3 Å². The molecule has 0 heterocycles. The van der Waals surface area contributed by atoms with Crippen LogP contribution in [0.3, 0.4) is 0 Å². The summed E-state index contributed by atoms with van der Waals surface area (Å²) in [5.41, 5.74) is 6.83. The fourth-order valence-corrected chi connectivity index (χ4v) is 2.41. The highest BCUT2D eigenvalue weighted by atomic mass is 14.2. The maximum Gasteiger partial charge on any atom is -0.00937 e. The van der Waals surface area contributed by atoms with Gasteiger partial charge in [-0.25, -0.2) is 0 Å². The Morgan fingerprint density at radius 2 is 2.00 bits per heavy atom. The molecule has 0 atom stereocenters. The van der Waals surface area contributed by atoms with Crippen LogP contribution in [0.4, 0.5) is 0 Å². The molecule has 0 saturated carbocycles. The van der Waals surface area contributed by atoms with E-state index in [4.69, 9.17) is 0 Å². The van der Waals surface area contributed by atoms with Crippen molar-refractivity contribution in [1.82, 2.24) is 0 Å². The molecule has 0 fully saturated rings. The van der Waals surface area contributed by atoms with Crippen LogP contribution in [-0.2, 0) is 0 Å². The van der Waals surface area contributed by atoms with Crippen molar-refractivity contribution in [1.29, 1.82) is 0 Å². The van der Waals surface area contributed by atoms with Gasteiger partial charge in [0.05, 0.1) is 0 Å². The van der Waals surface area contributed by atoms with Crippen LogP contribution in [0.15, 0.2) is 24.8 Å². The van der Waals surface area contributed by atoms with Crippen molar-refractivity contribution in [3.63, 3.8) is 0 Å². The Hall–Kier alpha value is -1.30. The summed E-state index contributed by atoms with van der Waals surface area (Å²) in [6.07, 6.45) is 5.40. The third-order valence-electron chi connectivity index (χ3n) is 3.18. The zero-order valence-corrected chi connectivity index (χ0v) is 9.80. The molecule has 15 heavy (non-hydrogen) atoms. The molecular formula is C15H18. The van der Waals surface area contributed by atoms with Crippen LogP contribution < -0.4 is 0 Å². The molecule has 0 radical (unpaired) electrons. The van der Waals surface area contributed by atoms with E-state index in [0.717, 1.165) is 6.42 Å². The molecular weight excluding hydrogens is 180 g/mol. The lowest BCUT2D eigenvalue weighted by Gasteiger charge is -2.20. The van der Waals surface area contributed by atoms with Gasteiger partial charge >= 0.3 is 0 Å². The Morgan fingerprint density at radius 3 is 2.67 bits per heavy atom. The quantitative estimate of drug-likeness (QED) is 0.621. The zero-order chi connectivity index (χ0) is 11.0. The van der Waals surface area contributed by atoms with Crippen molar-refractivity contribution in [2.75, 3.05) is 0 Å². The van der Waals surface area contributed by atoms with Gasteiger partial charge in [-0.15, -0.1) is 0 Å². The van der Waals surface area contributed by atoms with E-state index < -0.39 is 0 Å². The zero-order valence-electron chi connectivity index (χ0n) is 9.80. The van der Waals surface area contributed by atoms with Crippen LogP contribution in [0.5, 0.6) is 0 Å². The minimum absolute atomic E-state index is 0.592. The van der Waals surface area contributed by atoms with Gasteiger partial charge < -0.3 is 0 Å². The van der Waals surface area contributed by atoms with Gasteiger partial charge in [0.1, 0.15) is 0 Å². The van der Waals surface area contributed by atoms with E-state index in [1.54, 1.807) is 0 Å². The van der Waals surface area contributed by atoms with Gasteiger partial charge in [0.15, 0.2) is 0 Å². The summed E-state index contributed by atoms with van der Waals surface area (Å²) in [6, 6.07) is 4.47. The predicted octanol–water partition coefficient (Wildman–Crippen LogP) is 4.55. The van der Waals surface area contributed by atoms with E-state index in [1.165, 1.54) is 27.8 Å². The summed E-state index contributed by atoms with van der Waals surface area (Å²) in [6.45, 7) is 10.9. The van der Waals surface area contributed by atoms with Gasteiger partial charge in [-0.1, -0.05) is 44.7 Å². The van der Waals surface area contributed by atoms with E-state index in [0.29, 0.717) is 5.92 Å². The highest BCUT2D eigenvalue weighted by molar-refractivity contribution is 5.80. The highest BCUT2D eigenvalue weighted by Gasteiger charge is 2.14. The number of hydrogen-bond acceptors (Lipinski definition) is 0. The van der Waals surface area contributed by atoms with Crippen molar-refractivity contribution in [2.45, 2.75) is 33.1 Å². The van der Waals surface area contributed by atoms with Crippen LogP contribution >= 0.6 is 0 Å². The van der Waals surface area contributed by atoms with Gasteiger partial charge in [0.25, 0.3) is 0 Å². The first-order valence-corrected chi connectivity index (χ1v) is 5.59. The van der Waals surface area contributed by atoms with Gasteiger partial charge in [-0.2, -0.15) is 0 Å². The molecule has 1 aromatic carbocycles. The normalized spacial score (nSPS) is 14.5. The summed E-state index contributed by atoms with van der Waals surface area (Å²) in [7, 11) is 0. The first-order chi connectivity index (χ1) is 7.11. The molecule has 0 spiro atoms. The second kappa shape index (κ2) is 3.69. The second-order valence-electron chi connectivity index (χ2n) is 4.61. The van der Waals surface area contributed by atoms with Gasteiger partial charge in [0, 0.05) is 0 Å². The monoisotopic (exact) mass is 198 g/mol. The number of benzene rings is 1. The van der Waals surface area contributed by atoms with Crippen LogP contribution in [0, 0.1) is 6.92 Å². The molecule has 0 heteroatoms. The summed E-state index contributed by atoms with van der Waals surface area (Å²) in [5.74, 6) is 0.592. The average Bonchev–Trinajstić information content (AvgIpc) is 2.17. The number of hydrogen-bond donors (Lipinski definition) is 0. The number of fused-ring (bicyclic) bond motifs is 1. The molecule has 0 nitrogen and oxygen atoms in total. The van der Waals surface area contributed by atoms with Crippen LogP contribution in [0.2, 0.25) is 0 Å². The molecule has 1 aromatic rings. The largest absolute Gasteiger partial charge is 0.0949 e. The van der Waals surface area contributed by atoms with Gasteiger partial charge in [-0.05, 0) is 47.1 Å². The van der Waals surface area contributed by atoms with Crippen molar-refractivity contribution in [3.8, 4) is 0 Å². The predicted molar refractivity (Wildman–Crippen MR) is 68.0 cm³/mol. The Kier molecular flexibility index (Phi) is 2.52. The summed E-state index contributed by atoms with van der Waals surface area (Å²) in [5, 5.41) is 0. The summed E-state index contributed by atoms with van der Waals surface area (Å²) < 4.78 is 0. The summed E-state index contributed by atoms with van der Waals surface area (Å²) >= 11 is 0. The molecule has 0 amide bonds. The molecule has 0 bridgehead atoms. The molecule has 2 rings (SSSR count). The van der Waals surface area contributed by atoms with Crippen molar-refractivity contribution >= 4 is 11.6 Å². The molecule has 0 unspecified atom stereocenters. The Bertz CT molecular complexity index is 434. The van der Waals surface area contributed by atoms with Crippen LogP contribution in [0.25, 0.3) is 11.6 Å². The van der Waals surface area contributed by atoms with Crippen LogP contribution in [-0.4, -0.2) is 0 Å². The Morgan fingerprint density at radius 1 is 1.27 bits per heavy atom. The highest BCUT2D eigenvalue weighted by Crippen LogP contribution is 2.34. The topological polar surface area (TPSA) is 0 Å². The molecule has 78 valence electrons. The first-order valence-electron chi connectivity index (χ1n) is 5.59. The van der Waals surface area contributed by atoms with Crippen molar-refractivity contribution in [2.24, 2.45) is 0 Å². The van der Waals surface area contributed by atoms with Gasteiger partial charge in [-0.3, -0.25) is 0 Å². The molecule has 0 aromatic heterocycles. The SMILES string of the molecule is C=C1CC=Cc2ccc(C(C)C)c(C)c21. The van der Waals surface area contributed by atoms with Crippen molar-refractivity contribution in [3.05, 3.63) is 47.0 Å².